The molecule has 0 aromatic heterocycles. The van der Waals surface area contributed by atoms with Crippen molar-refractivity contribution in [2.75, 3.05) is 18.4 Å². The zero-order valence-electron chi connectivity index (χ0n) is 11.7. The van der Waals surface area contributed by atoms with Gasteiger partial charge in [0, 0.05) is 36.5 Å². The van der Waals surface area contributed by atoms with Gasteiger partial charge in [-0.2, -0.15) is 0 Å². The van der Waals surface area contributed by atoms with Gasteiger partial charge in [-0.15, -0.1) is 0 Å². The lowest BCUT2D eigenvalue weighted by atomic mass is 9.94. The number of benzene rings is 1. The predicted octanol–water partition coefficient (Wildman–Crippen LogP) is 1.42. The second-order valence-electron chi connectivity index (χ2n) is 5.81. The standard InChI is InChI=1S/C14H17N3O4/c1-9-3-2-6-16(8-9)14(19)11-7-10(17(20)21)4-5-12(11)15-13(14)18/h4-5,7,9,19H,2-3,6,8H2,1H3,(H,15,18)/t9-,14-/m0/s1. The van der Waals surface area contributed by atoms with Crippen LogP contribution in [0.1, 0.15) is 25.3 Å². The molecule has 0 aliphatic carbocycles. The Balaban J connectivity index is 2.05. The Labute approximate surface area is 121 Å². The summed E-state index contributed by atoms with van der Waals surface area (Å²) in [5.74, 6) is -0.162. The molecule has 2 aliphatic heterocycles. The number of anilines is 1. The van der Waals surface area contributed by atoms with Crippen LogP contribution in [0.3, 0.4) is 0 Å². The van der Waals surface area contributed by atoms with Crippen LogP contribution >= 0.6 is 0 Å². The number of rotatable bonds is 2. The highest BCUT2D eigenvalue weighted by molar-refractivity contribution is 6.04. The van der Waals surface area contributed by atoms with Crippen LogP contribution in [-0.2, 0) is 10.5 Å². The van der Waals surface area contributed by atoms with Gasteiger partial charge in [-0.25, -0.2) is 0 Å². The Bertz CT molecular complexity index is 618. The number of fused-ring (bicyclic) bond motifs is 1. The molecular weight excluding hydrogens is 274 g/mol. The largest absolute Gasteiger partial charge is 0.364 e. The zero-order valence-corrected chi connectivity index (χ0v) is 11.7. The summed E-state index contributed by atoms with van der Waals surface area (Å²) in [6.07, 6.45) is 1.94. The van der Waals surface area contributed by atoms with Gasteiger partial charge in [0.15, 0.2) is 0 Å². The highest BCUT2D eigenvalue weighted by Crippen LogP contribution is 2.41. The highest BCUT2D eigenvalue weighted by atomic mass is 16.6. The molecule has 2 aliphatic rings. The average molecular weight is 291 g/mol. The van der Waals surface area contributed by atoms with Crippen molar-refractivity contribution in [3.05, 3.63) is 33.9 Å². The number of nitrogens with zero attached hydrogens (tertiary/aromatic N) is 2. The summed E-state index contributed by atoms with van der Waals surface area (Å²) >= 11 is 0. The van der Waals surface area contributed by atoms with E-state index < -0.39 is 16.6 Å². The van der Waals surface area contributed by atoms with Crippen LogP contribution in [0.25, 0.3) is 0 Å². The maximum atomic E-state index is 12.3. The first-order chi connectivity index (χ1) is 9.92. The van der Waals surface area contributed by atoms with E-state index in [9.17, 15) is 20.0 Å². The summed E-state index contributed by atoms with van der Waals surface area (Å²) in [7, 11) is 0. The van der Waals surface area contributed by atoms with Gasteiger partial charge in [0.2, 0.25) is 5.72 Å². The lowest BCUT2D eigenvalue weighted by Crippen LogP contribution is -2.54. The molecule has 0 unspecified atom stereocenters. The predicted molar refractivity (Wildman–Crippen MR) is 75.6 cm³/mol. The summed E-state index contributed by atoms with van der Waals surface area (Å²) in [5.41, 5.74) is -1.23. The van der Waals surface area contributed by atoms with Gasteiger partial charge in [0.25, 0.3) is 11.6 Å². The third kappa shape index (κ3) is 2.09. The number of nitrogens with one attached hydrogen (secondary N) is 1. The first-order valence-electron chi connectivity index (χ1n) is 7.00. The molecule has 2 heterocycles. The minimum absolute atomic E-state index is 0.131. The molecule has 1 saturated heterocycles. The van der Waals surface area contributed by atoms with Gasteiger partial charge >= 0.3 is 0 Å². The fourth-order valence-corrected chi connectivity index (χ4v) is 3.17. The van der Waals surface area contributed by atoms with Crippen LogP contribution < -0.4 is 5.32 Å². The first-order valence-corrected chi connectivity index (χ1v) is 7.00. The molecule has 1 fully saturated rings. The summed E-state index contributed by atoms with van der Waals surface area (Å²) < 4.78 is 0. The Morgan fingerprint density at radius 1 is 1.52 bits per heavy atom. The molecular formula is C14H17N3O4. The molecule has 1 amide bonds. The SMILES string of the molecule is C[C@H]1CCCN([C@@]2(O)C(=O)Nc3ccc([N+](=O)[O-])cc32)C1. The van der Waals surface area contributed by atoms with Crippen LogP contribution in [0.5, 0.6) is 0 Å². The third-order valence-corrected chi connectivity index (χ3v) is 4.27. The number of carbonyl (C=O) groups is 1. The average Bonchev–Trinajstić information content (AvgIpc) is 2.71. The number of hydrogen-bond acceptors (Lipinski definition) is 5. The smallest absolute Gasteiger partial charge is 0.276 e. The number of aliphatic hydroxyl groups is 1. The number of nitro benzene ring substituents is 1. The monoisotopic (exact) mass is 291 g/mol. The van der Waals surface area contributed by atoms with Crippen molar-refractivity contribution < 1.29 is 14.8 Å². The van der Waals surface area contributed by atoms with E-state index in [-0.39, 0.29) is 11.3 Å². The molecule has 7 nitrogen and oxygen atoms in total. The molecule has 2 atom stereocenters. The van der Waals surface area contributed by atoms with E-state index in [0.29, 0.717) is 24.7 Å². The summed E-state index contributed by atoms with van der Waals surface area (Å²) in [6.45, 7) is 3.25. The molecule has 21 heavy (non-hydrogen) atoms. The van der Waals surface area contributed by atoms with Crippen LogP contribution in [-0.4, -0.2) is 33.9 Å². The van der Waals surface area contributed by atoms with E-state index in [0.717, 1.165) is 12.8 Å². The van der Waals surface area contributed by atoms with E-state index in [2.05, 4.69) is 12.2 Å². The highest BCUT2D eigenvalue weighted by Gasteiger charge is 2.51. The molecule has 0 radical (unpaired) electrons. The second kappa shape index (κ2) is 4.78. The fourth-order valence-electron chi connectivity index (χ4n) is 3.17. The number of likely N-dealkylation sites (tertiary alicyclic amines) is 1. The molecule has 0 saturated carbocycles. The number of hydrogen-bond donors (Lipinski definition) is 2. The zero-order chi connectivity index (χ0) is 15.2. The van der Waals surface area contributed by atoms with Crippen molar-refractivity contribution in [2.45, 2.75) is 25.5 Å². The molecule has 3 rings (SSSR count). The number of amides is 1. The third-order valence-electron chi connectivity index (χ3n) is 4.27. The Hall–Kier alpha value is -1.99. The molecule has 0 spiro atoms. The normalized spacial score (nSPS) is 29.0. The van der Waals surface area contributed by atoms with Gasteiger partial charge in [0.05, 0.1) is 4.92 Å². The number of non-ortho nitro benzene ring substituents is 1. The Morgan fingerprint density at radius 3 is 2.95 bits per heavy atom. The van der Waals surface area contributed by atoms with Crippen LogP contribution in [0, 0.1) is 16.0 Å². The second-order valence-corrected chi connectivity index (χ2v) is 5.81. The molecule has 7 heteroatoms. The minimum atomic E-state index is -1.81. The van der Waals surface area contributed by atoms with Crippen LogP contribution in [0.15, 0.2) is 18.2 Å². The molecule has 2 N–H and O–H groups in total. The topological polar surface area (TPSA) is 95.7 Å². The summed E-state index contributed by atoms with van der Waals surface area (Å²) in [5, 5.41) is 24.5. The van der Waals surface area contributed by atoms with Gasteiger partial charge in [-0.1, -0.05) is 6.92 Å². The van der Waals surface area contributed by atoms with E-state index in [1.165, 1.54) is 18.2 Å². The molecule has 112 valence electrons. The number of piperidine rings is 1. The lowest BCUT2D eigenvalue weighted by Gasteiger charge is -2.39. The van der Waals surface area contributed by atoms with Gasteiger partial charge in [0.1, 0.15) is 0 Å². The van der Waals surface area contributed by atoms with Crippen molar-refractivity contribution in [1.82, 2.24) is 4.90 Å². The van der Waals surface area contributed by atoms with Crippen LogP contribution in [0.2, 0.25) is 0 Å². The Morgan fingerprint density at radius 2 is 2.29 bits per heavy atom. The van der Waals surface area contributed by atoms with E-state index in [1.54, 1.807) is 4.90 Å². The fraction of sp³-hybridized carbons (Fsp3) is 0.500. The number of carbonyl (C=O) groups excluding carboxylic acids is 1. The van der Waals surface area contributed by atoms with Crippen molar-refractivity contribution in [3.63, 3.8) is 0 Å². The van der Waals surface area contributed by atoms with Gasteiger partial charge in [-0.3, -0.25) is 19.8 Å². The van der Waals surface area contributed by atoms with E-state index >= 15 is 0 Å². The van der Waals surface area contributed by atoms with Crippen molar-refractivity contribution in [1.29, 1.82) is 0 Å². The van der Waals surface area contributed by atoms with Crippen molar-refractivity contribution >= 4 is 17.3 Å². The van der Waals surface area contributed by atoms with Gasteiger partial charge < -0.3 is 10.4 Å². The number of nitro groups is 1. The molecule has 1 aromatic carbocycles. The quantitative estimate of drug-likeness (QED) is 0.634. The first kappa shape index (κ1) is 14.0. The van der Waals surface area contributed by atoms with Crippen molar-refractivity contribution in [2.24, 2.45) is 5.92 Å². The van der Waals surface area contributed by atoms with Crippen molar-refractivity contribution in [3.8, 4) is 0 Å². The summed E-state index contributed by atoms with van der Waals surface area (Å²) in [4.78, 5) is 24.4. The maximum absolute atomic E-state index is 12.3. The Kier molecular flexibility index (Phi) is 3.18. The van der Waals surface area contributed by atoms with Gasteiger partial charge in [-0.05, 0) is 24.8 Å². The molecule has 1 aromatic rings. The minimum Gasteiger partial charge on any atom is -0.364 e. The lowest BCUT2D eigenvalue weighted by molar-refractivity contribution is -0.385. The van der Waals surface area contributed by atoms with E-state index in [4.69, 9.17) is 0 Å². The van der Waals surface area contributed by atoms with E-state index in [1.807, 2.05) is 0 Å². The molecule has 0 bridgehead atoms. The maximum Gasteiger partial charge on any atom is 0.276 e. The van der Waals surface area contributed by atoms with Crippen LogP contribution in [0.4, 0.5) is 11.4 Å². The summed E-state index contributed by atoms with van der Waals surface area (Å²) in [6, 6.07) is 4.08.